The summed E-state index contributed by atoms with van der Waals surface area (Å²) in [5, 5.41) is 17.5. The average Bonchev–Trinajstić information content (AvgIpc) is 2.43. The lowest BCUT2D eigenvalue weighted by atomic mass is 10.1. The second kappa shape index (κ2) is 13.6. The Hall–Kier alpha value is -0.870. The molecule has 4 heteroatoms. The number of rotatable bonds is 13. The van der Waals surface area contributed by atoms with Gasteiger partial charge in [0.2, 0.25) is 0 Å². The monoisotopic (exact) mass is 272 g/mol. The Bertz CT molecular complexity index is 224. The maximum atomic E-state index is 11.3. The zero-order valence-corrected chi connectivity index (χ0v) is 11.9. The number of esters is 1. The van der Waals surface area contributed by atoms with Crippen LogP contribution in [0.3, 0.4) is 0 Å². The SMILES string of the molecule is C=CCCCCCCCCCC(=O)OC(CO)CO. The molecule has 4 nitrogen and oxygen atoms in total. The standard InChI is InChI=1S/C15H28O4/c1-2-3-4-5-6-7-8-9-10-11-15(18)19-14(12-16)13-17/h2,14,16-17H,1,3-13H2. The first kappa shape index (κ1) is 18.1. The van der Waals surface area contributed by atoms with Crippen LogP contribution in [0.5, 0.6) is 0 Å². The molecule has 0 aromatic carbocycles. The summed E-state index contributed by atoms with van der Waals surface area (Å²) >= 11 is 0. The topological polar surface area (TPSA) is 66.8 Å². The number of aliphatic hydroxyl groups is 2. The Balaban J connectivity index is 3.29. The van der Waals surface area contributed by atoms with Gasteiger partial charge in [-0.15, -0.1) is 6.58 Å². The number of allylic oxidation sites excluding steroid dienone is 1. The predicted molar refractivity (Wildman–Crippen MR) is 75.8 cm³/mol. The van der Waals surface area contributed by atoms with Gasteiger partial charge in [-0.2, -0.15) is 0 Å². The number of carbonyl (C=O) groups is 1. The molecule has 0 amide bonds. The van der Waals surface area contributed by atoms with E-state index in [0.717, 1.165) is 25.7 Å². The molecule has 0 radical (unpaired) electrons. The minimum atomic E-state index is -0.766. The van der Waals surface area contributed by atoms with Gasteiger partial charge in [0.05, 0.1) is 13.2 Å². The van der Waals surface area contributed by atoms with Crippen LogP contribution in [0.25, 0.3) is 0 Å². The number of aliphatic hydroxyl groups excluding tert-OH is 2. The van der Waals surface area contributed by atoms with E-state index in [1.807, 2.05) is 6.08 Å². The van der Waals surface area contributed by atoms with Gasteiger partial charge in [0.15, 0.2) is 0 Å². The summed E-state index contributed by atoms with van der Waals surface area (Å²) in [5.74, 6) is -0.334. The Labute approximate surface area is 116 Å². The zero-order valence-electron chi connectivity index (χ0n) is 11.9. The van der Waals surface area contributed by atoms with Crippen LogP contribution in [0.2, 0.25) is 0 Å². The van der Waals surface area contributed by atoms with E-state index < -0.39 is 6.10 Å². The van der Waals surface area contributed by atoms with Crippen molar-refractivity contribution < 1.29 is 19.7 Å². The minimum Gasteiger partial charge on any atom is -0.457 e. The maximum absolute atomic E-state index is 11.3. The van der Waals surface area contributed by atoms with Crippen molar-refractivity contribution in [1.29, 1.82) is 0 Å². The third-order valence-electron chi connectivity index (χ3n) is 2.99. The van der Waals surface area contributed by atoms with Gasteiger partial charge in [-0.1, -0.05) is 38.2 Å². The zero-order chi connectivity index (χ0) is 14.3. The van der Waals surface area contributed by atoms with E-state index in [4.69, 9.17) is 14.9 Å². The van der Waals surface area contributed by atoms with Crippen LogP contribution in [-0.4, -0.2) is 35.5 Å². The molecule has 0 aromatic heterocycles. The highest BCUT2D eigenvalue weighted by atomic mass is 16.6. The average molecular weight is 272 g/mol. The second-order valence-electron chi connectivity index (χ2n) is 4.78. The summed E-state index contributed by atoms with van der Waals surface area (Å²) < 4.78 is 4.87. The van der Waals surface area contributed by atoms with Crippen LogP contribution in [0, 0.1) is 0 Å². The van der Waals surface area contributed by atoms with E-state index in [1.165, 1.54) is 25.7 Å². The molecule has 0 aliphatic carbocycles. The van der Waals surface area contributed by atoms with Gasteiger partial charge in [0.25, 0.3) is 0 Å². The van der Waals surface area contributed by atoms with Crippen molar-refractivity contribution in [1.82, 2.24) is 0 Å². The first-order valence-corrected chi connectivity index (χ1v) is 7.26. The van der Waals surface area contributed by atoms with Crippen molar-refractivity contribution >= 4 is 5.97 Å². The number of carbonyl (C=O) groups excluding carboxylic acids is 1. The van der Waals surface area contributed by atoms with Gasteiger partial charge in [0.1, 0.15) is 6.10 Å². The largest absolute Gasteiger partial charge is 0.457 e. The number of hydrogen-bond donors (Lipinski definition) is 2. The molecule has 2 N–H and O–H groups in total. The molecule has 0 aliphatic heterocycles. The van der Waals surface area contributed by atoms with Gasteiger partial charge in [0, 0.05) is 6.42 Å². The van der Waals surface area contributed by atoms with Crippen LogP contribution in [0.15, 0.2) is 12.7 Å². The van der Waals surface area contributed by atoms with Gasteiger partial charge in [-0.05, 0) is 19.3 Å². The summed E-state index contributed by atoms with van der Waals surface area (Å²) in [7, 11) is 0. The second-order valence-corrected chi connectivity index (χ2v) is 4.78. The van der Waals surface area contributed by atoms with E-state index in [0.29, 0.717) is 6.42 Å². The molecule has 0 bridgehead atoms. The highest BCUT2D eigenvalue weighted by molar-refractivity contribution is 5.69. The Morgan fingerprint density at radius 1 is 1.00 bits per heavy atom. The first-order chi connectivity index (χ1) is 9.24. The molecule has 0 aromatic rings. The smallest absolute Gasteiger partial charge is 0.306 e. The lowest BCUT2D eigenvalue weighted by Crippen LogP contribution is -2.25. The van der Waals surface area contributed by atoms with Gasteiger partial charge >= 0.3 is 5.97 Å². The van der Waals surface area contributed by atoms with Crippen molar-refractivity contribution in [2.45, 2.75) is 63.9 Å². The summed E-state index contributed by atoms with van der Waals surface area (Å²) in [5.41, 5.74) is 0. The van der Waals surface area contributed by atoms with E-state index in [-0.39, 0.29) is 19.2 Å². The van der Waals surface area contributed by atoms with Crippen LogP contribution in [0.1, 0.15) is 57.8 Å². The van der Waals surface area contributed by atoms with Crippen LogP contribution in [0.4, 0.5) is 0 Å². The number of hydrogen-bond acceptors (Lipinski definition) is 4. The molecular weight excluding hydrogens is 244 g/mol. The lowest BCUT2D eigenvalue weighted by molar-refractivity contribution is -0.153. The Morgan fingerprint density at radius 2 is 1.53 bits per heavy atom. The lowest BCUT2D eigenvalue weighted by Gasteiger charge is -2.12. The maximum Gasteiger partial charge on any atom is 0.306 e. The number of ether oxygens (including phenoxy) is 1. The predicted octanol–water partition coefficient (Wildman–Crippen LogP) is 2.58. The van der Waals surface area contributed by atoms with Crippen LogP contribution in [-0.2, 0) is 9.53 Å². The highest BCUT2D eigenvalue weighted by Crippen LogP contribution is 2.10. The molecule has 0 aliphatic rings. The quantitative estimate of drug-likeness (QED) is 0.307. The number of unbranched alkanes of at least 4 members (excludes halogenated alkanes) is 7. The molecule has 0 unspecified atom stereocenters. The minimum absolute atomic E-state index is 0.326. The van der Waals surface area contributed by atoms with Crippen molar-refractivity contribution in [2.75, 3.05) is 13.2 Å². The van der Waals surface area contributed by atoms with E-state index >= 15 is 0 Å². The Kier molecular flexibility index (Phi) is 12.9. The van der Waals surface area contributed by atoms with Crippen LogP contribution < -0.4 is 0 Å². The normalized spacial score (nSPS) is 10.7. The fourth-order valence-electron chi connectivity index (χ4n) is 1.82. The Morgan fingerprint density at radius 3 is 2.05 bits per heavy atom. The van der Waals surface area contributed by atoms with Gasteiger partial charge in [-0.3, -0.25) is 4.79 Å². The molecule has 0 saturated heterocycles. The van der Waals surface area contributed by atoms with E-state index in [2.05, 4.69) is 6.58 Å². The van der Waals surface area contributed by atoms with E-state index in [9.17, 15) is 4.79 Å². The fourth-order valence-corrected chi connectivity index (χ4v) is 1.82. The molecule has 19 heavy (non-hydrogen) atoms. The highest BCUT2D eigenvalue weighted by Gasteiger charge is 2.11. The molecule has 112 valence electrons. The fraction of sp³-hybridized carbons (Fsp3) is 0.800. The third kappa shape index (κ3) is 11.9. The van der Waals surface area contributed by atoms with Crippen LogP contribution >= 0.6 is 0 Å². The molecule has 0 fully saturated rings. The summed E-state index contributed by atoms with van der Waals surface area (Å²) in [6.07, 6.45) is 10.6. The molecule has 0 spiro atoms. The molecule has 0 rings (SSSR count). The molecule has 0 heterocycles. The summed E-state index contributed by atoms with van der Waals surface area (Å²) in [4.78, 5) is 11.3. The van der Waals surface area contributed by atoms with Crippen molar-refractivity contribution in [3.05, 3.63) is 12.7 Å². The van der Waals surface area contributed by atoms with Gasteiger partial charge < -0.3 is 14.9 Å². The molecular formula is C15H28O4. The first-order valence-electron chi connectivity index (χ1n) is 7.26. The van der Waals surface area contributed by atoms with Crippen molar-refractivity contribution in [2.24, 2.45) is 0 Å². The third-order valence-corrected chi connectivity index (χ3v) is 2.99. The summed E-state index contributed by atoms with van der Waals surface area (Å²) in [6.45, 7) is 3.04. The van der Waals surface area contributed by atoms with E-state index in [1.54, 1.807) is 0 Å². The van der Waals surface area contributed by atoms with Crippen molar-refractivity contribution in [3.63, 3.8) is 0 Å². The van der Waals surface area contributed by atoms with Crippen molar-refractivity contribution in [3.8, 4) is 0 Å². The summed E-state index contributed by atoms with van der Waals surface area (Å²) in [6, 6.07) is 0. The molecule has 0 saturated carbocycles. The molecule has 0 atom stereocenters. The van der Waals surface area contributed by atoms with Gasteiger partial charge in [-0.25, -0.2) is 0 Å².